The number of aryl methyl sites for hydroxylation is 2. The molecule has 0 atom stereocenters. The molecule has 2 heterocycles. The minimum atomic E-state index is 0.775. The number of nitrogens with one attached hydrogen (secondary N) is 2. The minimum absolute atomic E-state index is 0.775. The maximum atomic E-state index is 4.44. The summed E-state index contributed by atoms with van der Waals surface area (Å²) in [6.07, 6.45) is 17.3. The van der Waals surface area contributed by atoms with Crippen molar-refractivity contribution in [3.63, 3.8) is 0 Å². The molecule has 0 unspecified atom stereocenters. The van der Waals surface area contributed by atoms with E-state index in [2.05, 4.69) is 61.8 Å². The summed E-state index contributed by atoms with van der Waals surface area (Å²) in [4.78, 5) is 14.7. The number of benzene rings is 1. The molecule has 2 N–H and O–H groups in total. The Morgan fingerprint density at radius 3 is 2.44 bits per heavy atom. The van der Waals surface area contributed by atoms with Crippen molar-refractivity contribution >= 4 is 0 Å². The highest BCUT2D eigenvalue weighted by molar-refractivity contribution is 5.33. The van der Waals surface area contributed by atoms with E-state index in [4.69, 9.17) is 0 Å². The van der Waals surface area contributed by atoms with Gasteiger partial charge in [-0.15, -0.1) is 0 Å². The quantitative estimate of drug-likeness (QED) is 0.268. The van der Waals surface area contributed by atoms with Crippen molar-refractivity contribution in [2.45, 2.75) is 78.3 Å². The molecule has 2 aromatic heterocycles. The number of imidazole rings is 2. The van der Waals surface area contributed by atoms with E-state index in [-0.39, 0.29) is 0 Å². The van der Waals surface area contributed by atoms with Crippen molar-refractivity contribution in [2.24, 2.45) is 7.05 Å². The van der Waals surface area contributed by atoms with Crippen LogP contribution in [0.25, 0.3) is 0 Å². The van der Waals surface area contributed by atoms with Crippen LogP contribution >= 0.6 is 0 Å². The zero-order valence-corrected chi connectivity index (χ0v) is 21.5. The average molecular weight is 465 g/mol. The molecule has 0 radical (unpaired) electrons. The second-order valence-corrected chi connectivity index (χ2v) is 9.38. The highest BCUT2D eigenvalue weighted by Crippen LogP contribution is 2.18. The predicted molar refractivity (Wildman–Crippen MR) is 141 cm³/mol. The third-order valence-corrected chi connectivity index (χ3v) is 6.47. The summed E-state index contributed by atoms with van der Waals surface area (Å²) >= 11 is 0. The smallest absolute Gasteiger partial charge is 0.122 e. The summed E-state index contributed by atoms with van der Waals surface area (Å²) in [7, 11) is 2.04. The van der Waals surface area contributed by atoms with Crippen LogP contribution in [0.3, 0.4) is 0 Å². The Balaban J connectivity index is 1.51. The number of unbranched alkanes of at least 4 members (excludes halogenated alkanes) is 3. The molecule has 1 aromatic carbocycles. The fourth-order valence-corrected chi connectivity index (χ4v) is 4.63. The van der Waals surface area contributed by atoms with Gasteiger partial charge in [0.05, 0.1) is 6.54 Å². The van der Waals surface area contributed by atoms with Crippen molar-refractivity contribution in [1.82, 2.24) is 29.7 Å². The van der Waals surface area contributed by atoms with Crippen LogP contribution in [0.2, 0.25) is 0 Å². The minimum Gasteiger partial charge on any atom is -0.348 e. The van der Waals surface area contributed by atoms with Gasteiger partial charge in [-0.2, -0.15) is 0 Å². The van der Waals surface area contributed by atoms with Gasteiger partial charge in [-0.05, 0) is 68.4 Å². The molecule has 0 aliphatic heterocycles. The van der Waals surface area contributed by atoms with E-state index in [1.807, 2.05) is 31.8 Å². The van der Waals surface area contributed by atoms with Gasteiger partial charge in [-0.1, -0.05) is 44.9 Å². The number of nitrogens with zero attached hydrogens (tertiary/aromatic N) is 4. The lowest BCUT2D eigenvalue weighted by molar-refractivity contribution is 0.268. The summed E-state index contributed by atoms with van der Waals surface area (Å²) in [5.74, 6) is 2.08. The van der Waals surface area contributed by atoms with Crippen LogP contribution in [0, 0.1) is 0 Å². The molecule has 186 valence electrons. The van der Waals surface area contributed by atoms with Crippen LogP contribution in [0.5, 0.6) is 0 Å². The largest absolute Gasteiger partial charge is 0.348 e. The molecule has 0 saturated carbocycles. The van der Waals surface area contributed by atoms with Crippen LogP contribution in [-0.2, 0) is 33.0 Å². The average Bonchev–Trinajstić information content (AvgIpc) is 3.49. The standard InChI is InChI=1S/C28H44N6/c1-4-16-34(17-5-2)18-9-7-6-8-10-25-12-11-24(21-27-30-13-14-31-27)20-26(25)22-29-23-28-32-15-19-33(28)3/h11-15,19-20,29H,4-10,16-18,21-23H2,1-3H3,(H,30,31). The molecule has 6 heteroatoms. The fourth-order valence-electron chi connectivity index (χ4n) is 4.63. The van der Waals surface area contributed by atoms with E-state index in [9.17, 15) is 0 Å². The van der Waals surface area contributed by atoms with Crippen molar-refractivity contribution < 1.29 is 0 Å². The topological polar surface area (TPSA) is 61.8 Å². The predicted octanol–water partition coefficient (Wildman–Crippen LogP) is 5.25. The van der Waals surface area contributed by atoms with Crippen LogP contribution in [0.1, 0.15) is 80.7 Å². The van der Waals surface area contributed by atoms with Gasteiger partial charge in [0.1, 0.15) is 11.6 Å². The Kier molecular flexibility index (Phi) is 11.3. The molecule has 0 spiro atoms. The molecular weight excluding hydrogens is 420 g/mol. The Hall–Kier alpha value is -2.44. The Bertz CT molecular complexity index is 924. The summed E-state index contributed by atoms with van der Waals surface area (Å²) < 4.78 is 2.07. The molecule has 3 rings (SSSR count). The van der Waals surface area contributed by atoms with E-state index in [1.165, 1.54) is 74.8 Å². The fraction of sp³-hybridized carbons (Fsp3) is 0.571. The van der Waals surface area contributed by atoms with Crippen molar-refractivity contribution in [1.29, 1.82) is 0 Å². The number of aromatic amines is 1. The summed E-state index contributed by atoms with van der Waals surface area (Å²) in [6.45, 7) is 9.94. The molecule has 0 fully saturated rings. The third kappa shape index (κ3) is 8.73. The molecule has 0 amide bonds. The number of H-pyrrole nitrogens is 1. The van der Waals surface area contributed by atoms with E-state index < -0.39 is 0 Å². The second kappa shape index (κ2) is 14.7. The molecule has 0 aliphatic carbocycles. The Morgan fingerprint density at radius 1 is 0.912 bits per heavy atom. The monoisotopic (exact) mass is 464 g/mol. The lowest BCUT2D eigenvalue weighted by atomic mass is 9.97. The van der Waals surface area contributed by atoms with Gasteiger partial charge < -0.3 is 19.8 Å². The first-order chi connectivity index (χ1) is 16.7. The highest BCUT2D eigenvalue weighted by Gasteiger charge is 2.08. The zero-order chi connectivity index (χ0) is 24.0. The lowest BCUT2D eigenvalue weighted by Crippen LogP contribution is -2.26. The number of hydrogen-bond donors (Lipinski definition) is 2. The van der Waals surface area contributed by atoms with Gasteiger partial charge in [-0.3, -0.25) is 0 Å². The molecular formula is C28H44N6. The first-order valence-corrected chi connectivity index (χ1v) is 13.2. The third-order valence-electron chi connectivity index (χ3n) is 6.47. The van der Waals surface area contributed by atoms with Crippen molar-refractivity contribution in [3.05, 3.63) is 71.3 Å². The van der Waals surface area contributed by atoms with Gasteiger partial charge >= 0.3 is 0 Å². The lowest BCUT2D eigenvalue weighted by Gasteiger charge is -2.20. The molecule has 34 heavy (non-hydrogen) atoms. The van der Waals surface area contributed by atoms with E-state index >= 15 is 0 Å². The van der Waals surface area contributed by atoms with Crippen LogP contribution in [-0.4, -0.2) is 44.1 Å². The summed E-state index contributed by atoms with van der Waals surface area (Å²) in [5, 5.41) is 3.61. The van der Waals surface area contributed by atoms with Crippen molar-refractivity contribution in [2.75, 3.05) is 19.6 Å². The second-order valence-electron chi connectivity index (χ2n) is 9.38. The molecule has 0 aliphatic rings. The van der Waals surface area contributed by atoms with Gasteiger partial charge in [-0.25, -0.2) is 9.97 Å². The van der Waals surface area contributed by atoms with Crippen LogP contribution in [0.4, 0.5) is 0 Å². The highest BCUT2D eigenvalue weighted by atomic mass is 15.1. The van der Waals surface area contributed by atoms with Crippen LogP contribution in [0.15, 0.2) is 43.0 Å². The van der Waals surface area contributed by atoms with Gasteiger partial charge in [0, 0.05) is 44.8 Å². The molecule has 0 bridgehead atoms. The number of hydrogen-bond acceptors (Lipinski definition) is 4. The van der Waals surface area contributed by atoms with E-state index in [0.717, 1.165) is 37.6 Å². The summed E-state index contributed by atoms with van der Waals surface area (Å²) in [5.41, 5.74) is 4.17. The first kappa shape index (κ1) is 26.2. The maximum Gasteiger partial charge on any atom is 0.122 e. The molecule has 0 saturated heterocycles. The van der Waals surface area contributed by atoms with Gasteiger partial charge in [0.2, 0.25) is 0 Å². The van der Waals surface area contributed by atoms with Gasteiger partial charge in [0.25, 0.3) is 0 Å². The zero-order valence-electron chi connectivity index (χ0n) is 21.5. The maximum absolute atomic E-state index is 4.44. The number of rotatable bonds is 17. The van der Waals surface area contributed by atoms with E-state index in [1.54, 1.807) is 0 Å². The van der Waals surface area contributed by atoms with Crippen LogP contribution < -0.4 is 5.32 Å². The normalized spacial score (nSPS) is 11.5. The summed E-state index contributed by atoms with van der Waals surface area (Å²) in [6, 6.07) is 6.96. The first-order valence-electron chi connectivity index (χ1n) is 13.2. The van der Waals surface area contributed by atoms with Crippen molar-refractivity contribution in [3.8, 4) is 0 Å². The Morgan fingerprint density at radius 2 is 1.74 bits per heavy atom. The van der Waals surface area contributed by atoms with E-state index in [0.29, 0.717) is 0 Å². The molecule has 3 aromatic rings. The Labute approximate surface area is 206 Å². The molecule has 6 nitrogen and oxygen atoms in total. The van der Waals surface area contributed by atoms with Gasteiger partial charge in [0.15, 0.2) is 0 Å². The number of aromatic nitrogens is 4. The SMILES string of the molecule is CCCN(CCC)CCCCCCc1ccc(Cc2ncc[nH]2)cc1CNCc1nccn1C.